The molecule has 0 atom stereocenters. The van der Waals surface area contributed by atoms with E-state index >= 15 is 0 Å². The molecule has 0 aromatic heterocycles. The minimum absolute atomic E-state index is 0.169. The Hall–Kier alpha value is -3.80. The third kappa shape index (κ3) is 6.01. The molecule has 6 nitrogen and oxygen atoms in total. The highest BCUT2D eigenvalue weighted by Crippen LogP contribution is 2.13. The second kappa shape index (κ2) is 9.48. The van der Waals surface area contributed by atoms with Gasteiger partial charge >= 0.3 is 11.9 Å². The van der Waals surface area contributed by atoms with Crippen molar-refractivity contribution in [2.24, 2.45) is 0 Å². The van der Waals surface area contributed by atoms with Crippen LogP contribution in [0.15, 0.2) is 84.9 Å². The van der Waals surface area contributed by atoms with E-state index in [-0.39, 0.29) is 11.5 Å². The van der Waals surface area contributed by atoms with Gasteiger partial charge in [0.25, 0.3) is 0 Å². The first kappa shape index (κ1) is 18.5. The summed E-state index contributed by atoms with van der Waals surface area (Å²) in [6.45, 7) is 0. The largest absolute Gasteiger partial charge is 0.508 e. The van der Waals surface area contributed by atoms with Crippen molar-refractivity contribution in [2.45, 2.75) is 0 Å². The van der Waals surface area contributed by atoms with Gasteiger partial charge in [0.15, 0.2) is 0 Å². The van der Waals surface area contributed by atoms with Crippen molar-refractivity contribution in [2.75, 3.05) is 0 Å². The van der Waals surface area contributed by atoms with E-state index in [1.807, 2.05) is 0 Å². The van der Waals surface area contributed by atoms with Gasteiger partial charge in [0.1, 0.15) is 11.5 Å². The molecule has 0 saturated carbocycles. The van der Waals surface area contributed by atoms with E-state index in [2.05, 4.69) is 9.78 Å². The standard InChI is InChI=1S/C14H10O4.C6H6O2/c15-13(11-7-3-1-4-8-11)17-18-14(16)12-9-5-2-6-10-12;7-5-1-2-6(8)4-3-5/h1-10H;1-4,7-8H. The van der Waals surface area contributed by atoms with Gasteiger partial charge in [-0.1, -0.05) is 36.4 Å². The van der Waals surface area contributed by atoms with Gasteiger partial charge in [0.05, 0.1) is 11.1 Å². The van der Waals surface area contributed by atoms with Crippen molar-refractivity contribution in [1.82, 2.24) is 0 Å². The summed E-state index contributed by atoms with van der Waals surface area (Å²) in [4.78, 5) is 31.9. The van der Waals surface area contributed by atoms with Crippen LogP contribution in [0.2, 0.25) is 0 Å². The monoisotopic (exact) mass is 352 g/mol. The first-order valence-electron chi connectivity index (χ1n) is 7.57. The molecule has 6 heteroatoms. The summed E-state index contributed by atoms with van der Waals surface area (Å²) in [5.41, 5.74) is 0.636. The molecule has 0 heterocycles. The van der Waals surface area contributed by atoms with Crippen LogP contribution in [0.5, 0.6) is 11.5 Å². The van der Waals surface area contributed by atoms with E-state index in [1.165, 1.54) is 24.3 Å². The van der Waals surface area contributed by atoms with Crippen molar-refractivity contribution in [1.29, 1.82) is 0 Å². The van der Waals surface area contributed by atoms with Crippen LogP contribution in [0.1, 0.15) is 20.7 Å². The number of carbonyl (C=O) groups is 2. The molecule has 0 aliphatic heterocycles. The summed E-state index contributed by atoms with van der Waals surface area (Å²) in [6, 6.07) is 22.3. The lowest BCUT2D eigenvalue weighted by molar-refractivity contribution is -0.187. The van der Waals surface area contributed by atoms with Crippen molar-refractivity contribution in [3.63, 3.8) is 0 Å². The molecule has 0 bridgehead atoms. The van der Waals surface area contributed by atoms with Crippen molar-refractivity contribution < 1.29 is 29.6 Å². The number of hydrogen-bond acceptors (Lipinski definition) is 6. The van der Waals surface area contributed by atoms with Gasteiger partial charge in [-0.15, -0.1) is 0 Å². The van der Waals surface area contributed by atoms with E-state index in [9.17, 15) is 9.59 Å². The molecule has 3 rings (SSSR count). The second-order valence-corrected chi connectivity index (χ2v) is 4.99. The van der Waals surface area contributed by atoms with Crippen LogP contribution in [0.3, 0.4) is 0 Å². The van der Waals surface area contributed by atoms with Gasteiger partial charge < -0.3 is 10.2 Å². The average molecular weight is 352 g/mol. The summed E-state index contributed by atoms with van der Waals surface area (Å²) in [5, 5.41) is 17.3. The Morgan fingerprint density at radius 3 is 1.15 bits per heavy atom. The fourth-order valence-electron chi connectivity index (χ4n) is 1.77. The molecule has 26 heavy (non-hydrogen) atoms. The molecule has 0 aliphatic rings. The Kier molecular flexibility index (Phi) is 6.76. The van der Waals surface area contributed by atoms with E-state index < -0.39 is 11.9 Å². The number of hydrogen-bond donors (Lipinski definition) is 2. The predicted molar refractivity (Wildman–Crippen MR) is 93.5 cm³/mol. The summed E-state index contributed by atoms with van der Waals surface area (Å²) in [6.07, 6.45) is 0. The lowest BCUT2D eigenvalue weighted by atomic mass is 10.2. The minimum Gasteiger partial charge on any atom is -0.508 e. The van der Waals surface area contributed by atoms with Crippen molar-refractivity contribution in [3.8, 4) is 11.5 Å². The topological polar surface area (TPSA) is 93.1 Å². The van der Waals surface area contributed by atoms with Crippen LogP contribution < -0.4 is 0 Å². The summed E-state index contributed by atoms with van der Waals surface area (Å²) in [5.74, 6) is -1.08. The van der Waals surface area contributed by atoms with Gasteiger partial charge in [-0.3, -0.25) is 0 Å². The summed E-state index contributed by atoms with van der Waals surface area (Å²) >= 11 is 0. The first-order chi connectivity index (χ1) is 12.6. The van der Waals surface area contributed by atoms with Crippen LogP contribution in [0.25, 0.3) is 0 Å². The predicted octanol–water partition coefficient (Wildman–Crippen LogP) is 3.71. The lowest BCUT2D eigenvalue weighted by Gasteiger charge is -2.02. The highest BCUT2D eigenvalue weighted by molar-refractivity contribution is 5.92. The van der Waals surface area contributed by atoms with Crippen LogP contribution in [0, 0.1) is 0 Å². The molecule has 0 saturated heterocycles. The zero-order valence-electron chi connectivity index (χ0n) is 13.6. The molecule has 0 aliphatic carbocycles. The number of rotatable bonds is 2. The summed E-state index contributed by atoms with van der Waals surface area (Å²) in [7, 11) is 0. The fourth-order valence-corrected chi connectivity index (χ4v) is 1.77. The number of aromatic hydroxyl groups is 2. The number of carbonyl (C=O) groups excluding carboxylic acids is 2. The second-order valence-electron chi connectivity index (χ2n) is 4.99. The number of benzene rings is 3. The Morgan fingerprint density at radius 1 is 0.538 bits per heavy atom. The van der Waals surface area contributed by atoms with E-state index in [0.29, 0.717) is 11.1 Å². The van der Waals surface area contributed by atoms with Crippen molar-refractivity contribution >= 4 is 11.9 Å². The zero-order chi connectivity index (χ0) is 18.8. The van der Waals surface area contributed by atoms with Crippen LogP contribution in [0.4, 0.5) is 0 Å². The van der Waals surface area contributed by atoms with E-state index in [4.69, 9.17) is 10.2 Å². The SMILES string of the molecule is O=C(OOC(=O)c1ccccc1)c1ccccc1.Oc1ccc(O)cc1. The smallest absolute Gasteiger partial charge is 0.386 e. The van der Waals surface area contributed by atoms with Crippen LogP contribution in [-0.2, 0) is 9.78 Å². The third-order valence-electron chi connectivity index (χ3n) is 3.06. The average Bonchev–Trinajstić information content (AvgIpc) is 2.70. The minimum atomic E-state index is -0.708. The van der Waals surface area contributed by atoms with Gasteiger partial charge in [-0.2, -0.15) is 0 Å². The highest BCUT2D eigenvalue weighted by atomic mass is 17.2. The quantitative estimate of drug-likeness (QED) is 0.415. The molecule has 3 aromatic rings. The van der Waals surface area contributed by atoms with E-state index in [1.54, 1.807) is 60.7 Å². The zero-order valence-corrected chi connectivity index (χ0v) is 13.6. The molecule has 3 aromatic carbocycles. The molecular weight excluding hydrogens is 336 g/mol. The molecule has 0 spiro atoms. The van der Waals surface area contributed by atoms with Gasteiger partial charge in [-0.05, 0) is 48.5 Å². The van der Waals surface area contributed by atoms with Crippen LogP contribution >= 0.6 is 0 Å². The molecular formula is C20H16O6. The third-order valence-corrected chi connectivity index (χ3v) is 3.06. The molecule has 0 amide bonds. The van der Waals surface area contributed by atoms with Gasteiger partial charge in [-0.25, -0.2) is 19.4 Å². The Labute approximate surface area is 149 Å². The maximum atomic E-state index is 11.5. The lowest BCUT2D eigenvalue weighted by Crippen LogP contribution is -2.11. The Morgan fingerprint density at radius 2 is 0.846 bits per heavy atom. The maximum Gasteiger partial charge on any atom is 0.386 e. The maximum absolute atomic E-state index is 11.5. The van der Waals surface area contributed by atoms with Gasteiger partial charge in [0.2, 0.25) is 0 Å². The van der Waals surface area contributed by atoms with E-state index in [0.717, 1.165) is 0 Å². The van der Waals surface area contributed by atoms with Crippen LogP contribution in [-0.4, -0.2) is 22.2 Å². The fraction of sp³-hybridized carbons (Fsp3) is 0. The molecule has 0 unspecified atom stereocenters. The molecule has 132 valence electrons. The molecule has 0 radical (unpaired) electrons. The number of phenolic OH excluding ortho intramolecular Hbond substituents is 2. The Balaban J connectivity index is 0.000000254. The number of phenols is 2. The molecule has 2 N–H and O–H groups in total. The highest BCUT2D eigenvalue weighted by Gasteiger charge is 2.12. The normalized spacial score (nSPS) is 9.38. The summed E-state index contributed by atoms with van der Waals surface area (Å²) < 4.78 is 0. The first-order valence-corrected chi connectivity index (χ1v) is 7.57. The molecule has 0 fully saturated rings. The Bertz CT molecular complexity index is 757. The van der Waals surface area contributed by atoms with Gasteiger partial charge in [0, 0.05) is 0 Å². The van der Waals surface area contributed by atoms with Crippen molar-refractivity contribution in [3.05, 3.63) is 96.1 Å².